The Hall–Kier alpha value is -1.23. The molecule has 0 saturated heterocycles. The number of aryl methyl sites for hydroxylation is 2. The van der Waals surface area contributed by atoms with Crippen LogP contribution in [0.3, 0.4) is 0 Å². The third kappa shape index (κ3) is 3.63. The summed E-state index contributed by atoms with van der Waals surface area (Å²) in [5, 5.41) is 7.84. The second-order valence-electron chi connectivity index (χ2n) is 5.94. The molecule has 104 valence electrons. The first-order valence-corrected chi connectivity index (χ1v) is 6.47. The fourth-order valence-electron chi connectivity index (χ4n) is 2.30. The highest BCUT2D eigenvalue weighted by molar-refractivity contribution is 5.65. The smallest absolute Gasteiger partial charge is 0.147 e. The Kier molecular flexibility index (Phi) is 4.62. The van der Waals surface area contributed by atoms with Crippen LogP contribution in [0.5, 0.6) is 0 Å². The summed E-state index contributed by atoms with van der Waals surface area (Å²) in [6, 6.07) is 0. The van der Waals surface area contributed by atoms with E-state index in [2.05, 4.69) is 50.2 Å². The molecule has 0 aliphatic heterocycles. The summed E-state index contributed by atoms with van der Waals surface area (Å²) in [6.45, 7) is 8.45. The summed E-state index contributed by atoms with van der Waals surface area (Å²) < 4.78 is 1.83. The Balaban J connectivity index is 2.71. The van der Waals surface area contributed by atoms with Crippen LogP contribution in [0.4, 0.5) is 11.5 Å². The molecular weight excluding hydrogens is 226 g/mol. The SMILES string of the molecule is CCc1nn(C)c(NCC(C)(C)CN(C)C)c1N. The minimum Gasteiger partial charge on any atom is -0.394 e. The van der Waals surface area contributed by atoms with Gasteiger partial charge in [0, 0.05) is 20.1 Å². The van der Waals surface area contributed by atoms with Crippen LogP contribution in [-0.2, 0) is 13.5 Å². The van der Waals surface area contributed by atoms with Crippen molar-refractivity contribution in [2.24, 2.45) is 12.5 Å². The van der Waals surface area contributed by atoms with Crippen molar-refractivity contribution in [2.45, 2.75) is 27.2 Å². The molecule has 0 unspecified atom stereocenters. The number of hydrogen-bond donors (Lipinski definition) is 2. The van der Waals surface area contributed by atoms with Crippen molar-refractivity contribution in [3.63, 3.8) is 0 Å². The number of hydrogen-bond acceptors (Lipinski definition) is 4. The third-order valence-corrected chi connectivity index (χ3v) is 2.97. The lowest BCUT2D eigenvalue weighted by atomic mass is 9.93. The molecule has 5 heteroatoms. The predicted octanol–water partition coefficient (Wildman–Crippen LogP) is 1.56. The van der Waals surface area contributed by atoms with E-state index in [1.807, 2.05) is 11.7 Å². The highest BCUT2D eigenvalue weighted by atomic mass is 15.3. The summed E-state index contributed by atoms with van der Waals surface area (Å²) in [6.07, 6.45) is 0.864. The molecular formula is C13H27N5. The van der Waals surface area contributed by atoms with Crippen LogP contribution in [0, 0.1) is 5.41 Å². The van der Waals surface area contributed by atoms with Gasteiger partial charge in [-0.1, -0.05) is 20.8 Å². The zero-order chi connectivity index (χ0) is 13.9. The van der Waals surface area contributed by atoms with Crippen molar-refractivity contribution < 1.29 is 0 Å². The fraction of sp³-hybridized carbons (Fsp3) is 0.769. The Morgan fingerprint density at radius 1 is 1.39 bits per heavy atom. The van der Waals surface area contributed by atoms with E-state index in [0.717, 1.165) is 36.7 Å². The number of nitrogens with two attached hydrogens (primary N) is 1. The molecule has 18 heavy (non-hydrogen) atoms. The number of anilines is 2. The zero-order valence-electron chi connectivity index (χ0n) is 12.5. The van der Waals surface area contributed by atoms with E-state index < -0.39 is 0 Å². The van der Waals surface area contributed by atoms with Crippen LogP contribution < -0.4 is 11.1 Å². The summed E-state index contributed by atoms with van der Waals surface area (Å²) in [5.74, 6) is 0.929. The number of aromatic nitrogens is 2. The van der Waals surface area contributed by atoms with E-state index in [4.69, 9.17) is 5.73 Å². The van der Waals surface area contributed by atoms with Crippen LogP contribution >= 0.6 is 0 Å². The topological polar surface area (TPSA) is 59.1 Å². The largest absolute Gasteiger partial charge is 0.394 e. The molecule has 0 aliphatic carbocycles. The maximum absolute atomic E-state index is 6.09. The standard InChI is InChI=1S/C13H27N5/c1-7-10-11(14)12(18(6)16-10)15-8-13(2,3)9-17(4)5/h15H,7-9,14H2,1-6H3. The monoisotopic (exact) mass is 253 g/mol. The molecule has 3 N–H and O–H groups in total. The molecule has 5 nitrogen and oxygen atoms in total. The molecule has 0 aromatic carbocycles. The van der Waals surface area contributed by atoms with Crippen LogP contribution in [-0.4, -0.2) is 41.9 Å². The average molecular weight is 253 g/mol. The first-order chi connectivity index (χ1) is 8.26. The highest BCUT2D eigenvalue weighted by Gasteiger charge is 2.20. The van der Waals surface area contributed by atoms with Crippen molar-refractivity contribution in [3.8, 4) is 0 Å². The second kappa shape index (κ2) is 5.61. The van der Waals surface area contributed by atoms with Gasteiger partial charge in [-0.25, -0.2) is 0 Å². The average Bonchev–Trinajstić information content (AvgIpc) is 2.49. The Morgan fingerprint density at radius 2 is 2.00 bits per heavy atom. The molecule has 0 saturated carbocycles. The quantitative estimate of drug-likeness (QED) is 0.808. The number of nitrogen functional groups attached to an aromatic ring is 1. The maximum Gasteiger partial charge on any atom is 0.147 e. The lowest BCUT2D eigenvalue weighted by Gasteiger charge is -2.28. The Bertz CT molecular complexity index is 392. The van der Waals surface area contributed by atoms with Crippen molar-refractivity contribution in [1.29, 1.82) is 0 Å². The van der Waals surface area contributed by atoms with Crippen LogP contribution in [0.15, 0.2) is 0 Å². The van der Waals surface area contributed by atoms with Crippen molar-refractivity contribution in [2.75, 3.05) is 38.2 Å². The summed E-state index contributed by atoms with van der Waals surface area (Å²) >= 11 is 0. The lowest BCUT2D eigenvalue weighted by Crippen LogP contribution is -2.34. The lowest BCUT2D eigenvalue weighted by molar-refractivity contribution is 0.254. The normalized spacial score (nSPS) is 12.2. The van der Waals surface area contributed by atoms with E-state index in [1.54, 1.807) is 0 Å². The van der Waals surface area contributed by atoms with E-state index in [9.17, 15) is 0 Å². The first-order valence-electron chi connectivity index (χ1n) is 6.47. The molecule has 1 aromatic heterocycles. The summed E-state index contributed by atoms with van der Waals surface area (Å²) in [7, 11) is 6.11. The van der Waals surface area contributed by atoms with Gasteiger partial charge in [-0.3, -0.25) is 4.68 Å². The molecule has 0 amide bonds. The molecule has 0 aliphatic rings. The van der Waals surface area contributed by atoms with Gasteiger partial charge in [0.2, 0.25) is 0 Å². The minimum absolute atomic E-state index is 0.187. The minimum atomic E-state index is 0.187. The number of nitrogens with zero attached hydrogens (tertiary/aromatic N) is 3. The van der Waals surface area contributed by atoms with E-state index in [1.165, 1.54) is 0 Å². The van der Waals surface area contributed by atoms with Crippen LogP contribution in [0.1, 0.15) is 26.5 Å². The van der Waals surface area contributed by atoms with Crippen molar-refractivity contribution in [3.05, 3.63) is 5.69 Å². The van der Waals surface area contributed by atoms with Gasteiger partial charge >= 0.3 is 0 Å². The summed E-state index contributed by atoms with van der Waals surface area (Å²) in [5.41, 5.74) is 8.02. The summed E-state index contributed by atoms with van der Waals surface area (Å²) in [4.78, 5) is 2.20. The number of nitrogens with one attached hydrogen (secondary N) is 1. The molecule has 1 heterocycles. The van der Waals surface area contributed by atoms with Gasteiger partial charge in [0.15, 0.2) is 0 Å². The Morgan fingerprint density at radius 3 is 2.44 bits per heavy atom. The van der Waals surface area contributed by atoms with Gasteiger partial charge in [0.05, 0.1) is 11.4 Å². The van der Waals surface area contributed by atoms with Gasteiger partial charge < -0.3 is 16.0 Å². The molecule has 0 bridgehead atoms. The first kappa shape index (κ1) is 14.8. The van der Waals surface area contributed by atoms with E-state index in [-0.39, 0.29) is 5.41 Å². The maximum atomic E-state index is 6.09. The third-order valence-electron chi connectivity index (χ3n) is 2.97. The highest BCUT2D eigenvalue weighted by Crippen LogP contribution is 2.24. The van der Waals surface area contributed by atoms with Gasteiger partial charge in [0.25, 0.3) is 0 Å². The second-order valence-corrected chi connectivity index (χ2v) is 5.94. The molecule has 0 atom stereocenters. The van der Waals surface area contributed by atoms with E-state index in [0.29, 0.717) is 0 Å². The Labute approximate surface area is 110 Å². The van der Waals surface area contributed by atoms with Crippen molar-refractivity contribution >= 4 is 11.5 Å². The van der Waals surface area contributed by atoms with Gasteiger partial charge in [-0.2, -0.15) is 5.10 Å². The predicted molar refractivity (Wildman–Crippen MR) is 77.8 cm³/mol. The van der Waals surface area contributed by atoms with Gasteiger partial charge in [0.1, 0.15) is 5.82 Å². The van der Waals surface area contributed by atoms with E-state index >= 15 is 0 Å². The molecule has 1 aromatic rings. The molecule has 0 spiro atoms. The van der Waals surface area contributed by atoms with Crippen molar-refractivity contribution in [1.82, 2.24) is 14.7 Å². The number of rotatable bonds is 6. The van der Waals surface area contributed by atoms with Crippen LogP contribution in [0.25, 0.3) is 0 Å². The zero-order valence-corrected chi connectivity index (χ0v) is 12.5. The fourth-order valence-corrected chi connectivity index (χ4v) is 2.30. The molecule has 0 fully saturated rings. The van der Waals surface area contributed by atoms with Gasteiger partial charge in [-0.05, 0) is 25.9 Å². The van der Waals surface area contributed by atoms with Crippen LogP contribution in [0.2, 0.25) is 0 Å². The molecule has 0 radical (unpaired) electrons. The van der Waals surface area contributed by atoms with Gasteiger partial charge in [-0.15, -0.1) is 0 Å². The molecule has 1 rings (SSSR count).